The van der Waals surface area contributed by atoms with Gasteiger partial charge in [-0.3, -0.25) is 14.5 Å². The minimum atomic E-state index is -0.0241. The number of ether oxygens (including phenoxy) is 1. The Bertz CT molecular complexity index is 534. The van der Waals surface area contributed by atoms with Crippen LogP contribution >= 0.6 is 24.0 Å². The van der Waals surface area contributed by atoms with Gasteiger partial charge in [0.2, 0.25) is 11.8 Å². The van der Waals surface area contributed by atoms with E-state index in [-0.39, 0.29) is 42.3 Å². The molecule has 0 atom stereocenters. The lowest BCUT2D eigenvalue weighted by Gasteiger charge is -2.36. The SMILES string of the molecule is CCOCCCNC(=NCC(=O)N(C)C)N1CCN(CC(=O)NC2CC2)CC1.I. The molecular formula is C19H37IN6O3. The van der Waals surface area contributed by atoms with Crippen molar-refractivity contribution < 1.29 is 14.3 Å². The maximum Gasteiger partial charge on any atom is 0.243 e. The third kappa shape index (κ3) is 10.4. The Morgan fingerprint density at radius 2 is 1.86 bits per heavy atom. The molecule has 0 bridgehead atoms. The van der Waals surface area contributed by atoms with Gasteiger partial charge in [0.1, 0.15) is 6.54 Å². The maximum atomic E-state index is 12.0. The fourth-order valence-corrected chi connectivity index (χ4v) is 2.89. The molecule has 2 aliphatic rings. The summed E-state index contributed by atoms with van der Waals surface area (Å²) in [5, 5.41) is 6.40. The van der Waals surface area contributed by atoms with Gasteiger partial charge in [-0.05, 0) is 26.2 Å². The van der Waals surface area contributed by atoms with Gasteiger partial charge in [0.05, 0.1) is 6.54 Å². The predicted molar refractivity (Wildman–Crippen MR) is 125 cm³/mol. The van der Waals surface area contributed by atoms with Gasteiger partial charge >= 0.3 is 0 Å². The first kappa shape index (κ1) is 25.9. The van der Waals surface area contributed by atoms with Crippen molar-refractivity contribution in [2.75, 3.05) is 73.1 Å². The number of amides is 2. The van der Waals surface area contributed by atoms with Crippen molar-refractivity contribution in [3.8, 4) is 0 Å². The summed E-state index contributed by atoms with van der Waals surface area (Å²) in [5.74, 6) is 0.855. The zero-order valence-corrected chi connectivity index (χ0v) is 20.3. The summed E-state index contributed by atoms with van der Waals surface area (Å²) >= 11 is 0. The highest BCUT2D eigenvalue weighted by atomic mass is 127. The van der Waals surface area contributed by atoms with E-state index in [1.807, 2.05) is 6.92 Å². The number of carbonyl (C=O) groups is 2. The smallest absolute Gasteiger partial charge is 0.243 e. The number of piperazine rings is 1. The first-order valence-corrected chi connectivity index (χ1v) is 10.3. The summed E-state index contributed by atoms with van der Waals surface area (Å²) < 4.78 is 5.37. The van der Waals surface area contributed by atoms with E-state index in [0.29, 0.717) is 25.8 Å². The number of aliphatic imine (C=N–C) groups is 1. The average molecular weight is 524 g/mol. The van der Waals surface area contributed by atoms with Gasteiger partial charge in [-0.2, -0.15) is 0 Å². The largest absolute Gasteiger partial charge is 0.382 e. The van der Waals surface area contributed by atoms with Gasteiger partial charge < -0.3 is 25.2 Å². The van der Waals surface area contributed by atoms with E-state index in [0.717, 1.165) is 57.9 Å². The van der Waals surface area contributed by atoms with E-state index < -0.39 is 0 Å². The Balaban J connectivity index is 0.00000420. The van der Waals surface area contributed by atoms with Gasteiger partial charge in [-0.15, -0.1) is 24.0 Å². The number of nitrogens with zero attached hydrogens (tertiary/aromatic N) is 4. The van der Waals surface area contributed by atoms with Crippen molar-refractivity contribution in [3.05, 3.63) is 0 Å². The van der Waals surface area contributed by atoms with Crippen molar-refractivity contribution in [3.63, 3.8) is 0 Å². The van der Waals surface area contributed by atoms with Crippen molar-refractivity contribution in [2.24, 2.45) is 4.99 Å². The van der Waals surface area contributed by atoms with Gasteiger partial charge in [-0.1, -0.05) is 0 Å². The Hall–Kier alpha value is -1.14. The van der Waals surface area contributed by atoms with E-state index in [2.05, 4.69) is 25.4 Å². The molecule has 0 aromatic rings. The third-order valence-corrected chi connectivity index (χ3v) is 4.80. The molecule has 1 saturated carbocycles. The van der Waals surface area contributed by atoms with Crippen LogP contribution < -0.4 is 10.6 Å². The van der Waals surface area contributed by atoms with Crippen LogP contribution in [0.1, 0.15) is 26.2 Å². The molecule has 1 heterocycles. The lowest BCUT2D eigenvalue weighted by atomic mass is 10.3. The number of carbonyl (C=O) groups excluding carboxylic acids is 2. The van der Waals surface area contributed by atoms with Crippen LogP contribution in [0.5, 0.6) is 0 Å². The lowest BCUT2D eigenvalue weighted by Crippen LogP contribution is -2.54. The second-order valence-corrected chi connectivity index (χ2v) is 7.51. The summed E-state index contributed by atoms with van der Waals surface area (Å²) in [7, 11) is 3.47. The zero-order chi connectivity index (χ0) is 20.4. The molecular weight excluding hydrogens is 487 g/mol. The Morgan fingerprint density at radius 1 is 1.17 bits per heavy atom. The average Bonchev–Trinajstić information content (AvgIpc) is 3.48. The van der Waals surface area contributed by atoms with Crippen LogP contribution in [0.15, 0.2) is 4.99 Å². The number of rotatable bonds is 10. The van der Waals surface area contributed by atoms with E-state index in [4.69, 9.17) is 4.74 Å². The first-order chi connectivity index (χ1) is 13.5. The van der Waals surface area contributed by atoms with Crippen LogP contribution in [-0.4, -0.2) is 112 Å². The molecule has 29 heavy (non-hydrogen) atoms. The van der Waals surface area contributed by atoms with Crippen molar-refractivity contribution >= 4 is 41.8 Å². The van der Waals surface area contributed by atoms with Crippen LogP contribution in [0.25, 0.3) is 0 Å². The van der Waals surface area contributed by atoms with Gasteiger partial charge in [0.25, 0.3) is 0 Å². The molecule has 2 rings (SSSR count). The molecule has 1 saturated heterocycles. The van der Waals surface area contributed by atoms with Gasteiger partial charge in [-0.25, -0.2) is 4.99 Å². The summed E-state index contributed by atoms with van der Waals surface area (Å²) in [5.41, 5.74) is 0. The molecule has 0 unspecified atom stereocenters. The van der Waals surface area contributed by atoms with Crippen molar-refractivity contribution in [1.82, 2.24) is 25.3 Å². The standard InChI is InChI=1S/C19H36N6O3.HI/c1-4-28-13-5-8-20-19(21-14-18(27)23(2)3)25-11-9-24(10-12-25)15-17(26)22-16-6-7-16;/h16H,4-15H2,1-3H3,(H,20,21)(H,22,26);1H. The summed E-state index contributed by atoms with van der Waals surface area (Å²) in [6.45, 7) is 7.91. The highest BCUT2D eigenvalue weighted by Crippen LogP contribution is 2.18. The first-order valence-electron chi connectivity index (χ1n) is 10.3. The second kappa shape index (κ2) is 14.0. The highest BCUT2D eigenvalue weighted by molar-refractivity contribution is 14.0. The fourth-order valence-electron chi connectivity index (χ4n) is 2.89. The third-order valence-electron chi connectivity index (χ3n) is 4.80. The van der Waals surface area contributed by atoms with Crippen LogP contribution in [0, 0.1) is 0 Å². The van der Waals surface area contributed by atoms with Crippen LogP contribution in [-0.2, 0) is 14.3 Å². The quantitative estimate of drug-likeness (QED) is 0.181. The maximum absolute atomic E-state index is 12.0. The number of halogens is 1. The number of hydrogen-bond donors (Lipinski definition) is 2. The number of nitrogens with one attached hydrogen (secondary N) is 2. The Labute approximate surface area is 191 Å². The molecule has 0 aromatic carbocycles. The summed E-state index contributed by atoms with van der Waals surface area (Å²) in [4.78, 5) is 34.3. The molecule has 168 valence electrons. The molecule has 1 aliphatic heterocycles. The summed E-state index contributed by atoms with van der Waals surface area (Å²) in [6, 6.07) is 0.405. The molecule has 2 N–H and O–H groups in total. The van der Waals surface area contributed by atoms with Crippen molar-refractivity contribution in [2.45, 2.75) is 32.2 Å². The van der Waals surface area contributed by atoms with Crippen LogP contribution in [0.4, 0.5) is 0 Å². The molecule has 0 radical (unpaired) electrons. The monoisotopic (exact) mass is 524 g/mol. The normalized spacial score (nSPS) is 17.5. The van der Waals surface area contributed by atoms with Crippen LogP contribution in [0.2, 0.25) is 0 Å². The second-order valence-electron chi connectivity index (χ2n) is 7.51. The number of likely N-dealkylation sites (N-methyl/N-ethyl adjacent to an activating group) is 1. The van der Waals surface area contributed by atoms with Crippen LogP contribution in [0.3, 0.4) is 0 Å². The van der Waals surface area contributed by atoms with Gasteiger partial charge in [0, 0.05) is 66.1 Å². The predicted octanol–water partition coefficient (Wildman–Crippen LogP) is -0.0390. The minimum Gasteiger partial charge on any atom is -0.382 e. The fraction of sp³-hybridized carbons (Fsp3) is 0.842. The highest BCUT2D eigenvalue weighted by Gasteiger charge is 2.26. The Kier molecular flexibility index (Phi) is 12.5. The number of guanidine groups is 1. The minimum absolute atomic E-state index is 0. The summed E-state index contributed by atoms with van der Waals surface area (Å²) in [6.07, 6.45) is 3.11. The molecule has 0 aromatic heterocycles. The van der Waals surface area contributed by atoms with E-state index >= 15 is 0 Å². The lowest BCUT2D eigenvalue weighted by molar-refractivity contribution is -0.127. The van der Waals surface area contributed by atoms with Gasteiger partial charge in [0.15, 0.2) is 5.96 Å². The van der Waals surface area contributed by atoms with E-state index in [1.54, 1.807) is 19.0 Å². The topological polar surface area (TPSA) is 89.5 Å². The molecule has 1 aliphatic carbocycles. The molecule has 2 fully saturated rings. The molecule has 10 heteroatoms. The van der Waals surface area contributed by atoms with Crippen molar-refractivity contribution in [1.29, 1.82) is 0 Å². The molecule has 0 spiro atoms. The van der Waals surface area contributed by atoms with E-state index in [9.17, 15) is 9.59 Å². The Morgan fingerprint density at radius 3 is 2.45 bits per heavy atom. The zero-order valence-electron chi connectivity index (χ0n) is 18.0. The number of hydrogen-bond acceptors (Lipinski definition) is 5. The molecule has 2 amide bonds. The molecule has 9 nitrogen and oxygen atoms in total. The van der Waals surface area contributed by atoms with E-state index in [1.165, 1.54) is 0 Å².